The number of hydrogen-bond donors (Lipinski definition) is 3. The second kappa shape index (κ2) is 15.2. The molecular formula is C19H36N4O. The highest BCUT2D eigenvalue weighted by molar-refractivity contribution is 5.29. The zero-order chi connectivity index (χ0) is 17.3. The summed E-state index contributed by atoms with van der Waals surface area (Å²) in [6.07, 6.45) is 19.3. The summed E-state index contributed by atoms with van der Waals surface area (Å²) in [5, 5.41) is 0. The summed E-state index contributed by atoms with van der Waals surface area (Å²) in [4.78, 5) is 17.2. The normalized spacial score (nSPS) is 10.9. The first-order chi connectivity index (χ1) is 11.8. The molecule has 0 atom stereocenters. The molecule has 0 spiro atoms. The van der Waals surface area contributed by atoms with Crippen LogP contribution in [0.15, 0.2) is 17.1 Å². The molecule has 3 N–H and O–H groups in total. The lowest BCUT2D eigenvalue weighted by atomic mass is 10.0. The van der Waals surface area contributed by atoms with E-state index in [-0.39, 0.29) is 5.69 Å². The molecule has 0 amide bonds. The summed E-state index contributed by atoms with van der Waals surface area (Å²) < 4.78 is 0. The molecule has 0 unspecified atom stereocenters. The highest BCUT2D eigenvalue weighted by Crippen LogP contribution is 2.12. The number of H-pyrrole nitrogens is 1. The van der Waals surface area contributed by atoms with Crippen molar-refractivity contribution in [2.24, 2.45) is 0 Å². The first-order valence-corrected chi connectivity index (χ1v) is 9.87. The molecule has 0 aliphatic carbocycles. The van der Waals surface area contributed by atoms with Crippen LogP contribution in [0.5, 0.6) is 0 Å². The summed E-state index contributed by atoms with van der Waals surface area (Å²) in [5.41, 5.74) is 5.77. The van der Waals surface area contributed by atoms with Gasteiger partial charge in [-0.15, -0.1) is 0 Å². The zero-order valence-corrected chi connectivity index (χ0v) is 15.4. The van der Waals surface area contributed by atoms with Gasteiger partial charge in [-0.05, 0) is 12.5 Å². The molecule has 0 aromatic carbocycles. The third kappa shape index (κ3) is 12.1. The third-order valence-electron chi connectivity index (χ3n) is 4.30. The highest BCUT2D eigenvalue weighted by Gasteiger charge is 1.95. The molecule has 0 fully saturated rings. The number of hydrazine groups is 1. The Bertz CT molecular complexity index is 447. The largest absolute Gasteiger partial charge is 0.346 e. The van der Waals surface area contributed by atoms with E-state index in [1.54, 1.807) is 6.07 Å². The van der Waals surface area contributed by atoms with Crippen molar-refractivity contribution in [2.45, 2.75) is 90.4 Å². The van der Waals surface area contributed by atoms with Crippen LogP contribution in [-0.2, 0) is 0 Å². The van der Waals surface area contributed by atoms with Crippen molar-refractivity contribution in [1.82, 2.24) is 15.4 Å². The fourth-order valence-corrected chi connectivity index (χ4v) is 2.83. The number of unbranched alkanes of at least 4 members (excludes halogenated alkanes) is 12. The lowest BCUT2D eigenvalue weighted by molar-refractivity contribution is 0.536. The first-order valence-electron chi connectivity index (χ1n) is 9.87. The summed E-state index contributed by atoms with van der Waals surface area (Å²) in [7, 11) is 0. The molecule has 0 radical (unpaired) electrons. The van der Waals surface area contributed by atoms with E-state index in [9.17, 15) is 4.79 Å². The molecule has 1 heterocycles. The number of anilines is 1. The van der Waals surface area contributed by atoms with Gasteiger partial charge in [-0.25, -0.2) is 15.2 Å². The molecule has 0 bridgehead atoms. The lowest BCUT2D eigenvalue weighted by Crippen LogP contribution is -2.25. The van der Waals surface area contributed by atoms with Crippen LogP contribution < -0.4 is 16.5 Å². The Hall–Kier alpha value is -1.36. The third-order valence-corrected chi connectivity index (χ3v) is 4.30. The van der Waals surface area contributed by atoms with Gasteiger partial charge in [0.1, 0.15) is 5.82 Å². The van der Waals surface area contributed by atoms with Crippen molar-refractivity contribution >= 4 is 5.82 Å². The average Bonchev–Trinajstić information content (AvgIpc) is 2.58. The second-order valence-electron chi connectivity index (χ2n) is 6.58. The fraction of sp³-hybridized carbons (Fsp3) is 0.789. The van der Waals surface area contributed by atoms with Crippen LogP contribution in [0.25, 0.3) is 0 Å². The van der Waals surface area contributed by atoms with Crippen LogP contribution in [0.2, 0.25) is 0 Å². The molecule has 5 nitrogen and oxygen atoms in total. The maximum absolute atomic E-state index is 11.0. The predicted molar refractivity (Wildman–Crippen MR) is 102 cm³/mol. The summed E-state index contributed by atoms with van der Waals surface area (Å²) in [6, 6.07) is 1.73. The van der Waals surface area contributed by atoms with Gasteiger partial charge in [0, 0.05) is 12.7 Å². The van der Waals surface area contributed by atoms with E-state index < -0.39 is 0 Å². The molecule has 1 aromatic heterocycles. The minimum absolute atomic E-state index is 0.331. The Morgan fingerprint density at radius 3 is 1.96 bits per heavy atom. The number of nitrogens with one attached hydrogen (secondary N) is 3. The van der Waals surface area contributed by atoms with Crippen LogP contribution in [0.3, 0.4) is 0 Å². The van der Waals surface area contributed by atoms with Gasteiger partial charge in [0.05, 0.1) is 0 Å². The molecule has 0 saturated carbocycles. The van der Waals surface area contributed by atoms with E-state index >= 15 is 0 Å². The standard InChI is InChI=1S/C19H36N4O/c1-2-3-4-5-6-7-8-9-10-11-12-13-14-16-21-23-18-15-17-20-19(24)22-18/h15,17,21H,2-14,16H2,1H3,(H2,20,22,23,24). The quantitative estimate of drug-likeness (QED) is 0.300. The van der Waals surface area contributed by atoms with Crippen molar-refractivity contribution < 1.29 is 0 Å². The van der Waals surface area contributed by atoms with E-state index in [1.807, 2.05) is 0 Å². The van der Waals surface area contributed by atoms with Crippen LogP contribution in [0, 0.1) is 0 Å². The van der Waals surface area contributed by atoms with Gasteiger partial charge in [0.2, 0.25) is 0 Å². The van der Waals surface area contributed by atoms with Crippen LogP contribution >= 0.6 is 0 Å². The number of aromatic amines is 1. The van der Waals surface area contributed by atoms with Gasteiger partial charge in [-0.1, -0.05) is 84.0 Å². The fourth-order valence-electron chi connectivity index (χ4n) is 2.83. The second-order valence-corrected chi connectivity index (χ2v) is 6.58. The molecule has 0 aliphatic heterocycles. The SMILES string of the molecule is CCCCCCCCCCCCCCCNNc1ccnc(=O)[nH]1. The summed E-state index contributed by atoms with van der Waals surface area (Å²) in [5.74, 6) is 0.657. The monoisotopic (exact) mass is 336 g/mol. The van der Waals surface area contributed by atoms with Crippen molar-refractivity contribution in [3.63, 3.8) is 0 Å². The Kier molecular flexibility index (Phi) is 13.1. The van der Waals surface area contributed by atoms with E-state index in [2.05, 4.69) is 27.7 Å². The Labute approximate surface area is 147 Å². The Balaban J connectivity index is 1.77. The molecule has 0 saturated heterocycles. The number of rotatable bonds is 16. The van der Waals surface area contributed by atoms with Crippen LogP contribution in [-0.4, -0.2) is 16.5 Å². The zero-order valence-electron chi connectivity index (χ0n) is 15.4. The van der Waals surface area contributed by atoms with Crippen molar-refractivity contribution in [2.75, 3.05) is 12.0 Å². The average molecular weight is 337 g/mol. The van der Waals surface area contributed by atoms with Gasteiger partial charge >= 0.3 is 5.69 Å². The predicted octanol–water partition coefficient (Wildman–Crippen LogP) is 4.78. The van der Waals surface area contributed by atoms with Crippen LogP contribution in [0.4, 0.5) is 5.82 Å². The topological polar surface area (TPSA) is 69.8 Å². The number of nitrogens with zero attached hydrogens (tertiary/aromatic N) is 1. The molecule has 24 heavy (non-hydrogen) atoms. The summed E-state index contributed by atoms with van der Waals surface area (Å²) in [6.45, 7) is 3.18. The van der Waals surface area contributed by atoms with Crippen molar-refractivity contribution in [1.29, 1.82) is 0 Å². The van der Waals surface area contributed by atoms with Crippen LogP contribution in [0.1, 0.15) is 90.4 Å². The lowest BCUT2D eigenvalue weighted by Gasteiger charge is -2.07. The minimum atomic E-state index is -0.331. The molecule has 1 rings (SSSR count). The molecule has 138 valence electrons. The maximum atomic E-state index is 11.0. The number of aromatic nitrogens is 2. The molecule has 0 aliphatic rings. The molecule has 1 aromatic rings. The molecule has 5 heteroatoms. The van der Waals surface area contributed by atoms with Gasteiger partial charge < -0.3 is 5.43 Å². The Morgan fingerprint density at radius 2 is 1.42 bits per heavy atom. The van der Waals surface area contributed by atoms with Crippen molar-refractivity contribution in [3.05, 3.63) is 22.7 Å². The van der Waals surface area contributed by atoms with E-state index in [0.29, 0.717) is 5.82 Å². The minimum Gasteiger partial charge on any atom is -0.307 e. The number of hydrogen-bond acceptors (Lipinski definition) is 4. The van der Waals surface area contributed by atoms with Gasteiger partial charge in [0.25, 0.3) is 0 Å². The van der Waals surface area contributed by atoms with Gasteiger partial charge in [-0.3, -0.25) is 4.98 Å². The van der Waals surface area contributed by atoms with Gasteiger partial charge in [0.15, 0.2) is 0 Å². The highest BCUT2D eigenvalue weighted by atomic mass is 16.1. The smallest absolute Gasteiger partial charge is 0.307 e. The first kappa shape index (κ1) is 20.7. The van der Waals surface area contributed by atoms with E-state index in [1.165, 1.54) is 83.2 Å². The summed E-state index contributed by atoms with van der Waals surface area (Å²) >= 11 is 0. The maximum Gasteiger partial charge on any atom is 0.346 e. The van der Waals surface area contributed by atoms with Gasteiger partial charge in [-0.2, -0.15) is 0 Å². The Morgan fingerprint density at radius 1 is 0.875 bits per heavy atom. The van der Waals surface area contributed by atoms with Crippen molar-refractivity contribution in [3.8, 4) is 0 Å². The van der Waals surface area contributed by atoms with E-state index in [0.717, 1.165) is 13.0 Å². The van der Waals surface area contributed by atoms with E-state index in [4.69, 9.17) is 0 Å². The molecular weight excluding hydrogens is 300 g/mol.